The maximum atomic E-state index is 5.98. The number of hydrogen-bond donors (Lipinski definition) is 1. The number of rotatable bonds is 3. The lowest BCUT2D eigenvalue weighted by Gasteiger charge is -2.21. The van der Waals surface area contributed by atoms with Gasteiger partial charge in [-0.15, -0.1) is 0 Å². The van der Waals surface area contributed by atoms with Gasteiger partial charge in [0.1, 0.15) is 0 Å². The van der Waals surface area contributed by atoms with E-state index in [1.165, 1.54) is 24.3 Å². The topological polar surface area (TPSA) is 24.9 Å². The molecule has 0 bridgehead atoms. The molecule has 1 saturated heterocycles. The molecular formula is C13H15ClN2S2. The molecular weight excluding hydrogens is 284 g/mol. The van der Waals surface area contributed by atoms with Gasteiger partial charge in [-0.3, -0.25) is 0 Å². The molecule has 1 aromatic heterocycles. The van der Waals surface area contributed by atoms with E-state index in [-0.39, 0.29) is 0 Å². The van der Waals surface area contributed by atoms with Crippen LogP contribution in [0.3, 0.4) is 0 Å². The van der Waals surface area contributed by atoms with Gasteiger partial charge in [0.25, 0.3) is 0 Å². The van der Waals surface area contributed by atoms with Gasteiger partial charge in [0, 0.05) is 11.6 Å². The summed E-state index contributed by atoms with van der Waals surface area (Å²) >= 11 is 9.74. The van der Waals surface area contributed by atoms with Crippen LogP contribution < -0.4 is 5.32 Å². The van der Waals surface area contributed by atoms with Crippen LogP contribution in [0, 0.1) is 5.92 Å². The van der Waals surface area contributed by atoms with E-state index in [0.717, 1.165) is 32.8 Å². The Morgan fingerprint density at radius 2 is 2.17 bits per heavy atom. The summed E-state index contributed by atoms with van der Waals surface area (Å²) in [7, 11) is 0. The van der Waals surface area contributed by atoms with E-state index in [9.17, 15) is 0 Å². The van der Waals surface area contributed by atoms with Crippen molar-refractivity contribution >= 4 is 50.0 Å². The third-order valence-electron chi connectivity index (χ3n) is 3.23. The smallest absolute Gasteiger partial charge is 0.183 e. The zero-order valence-electron chi connectivity index (χ0n) is 9.99. The average Bonchev–Trinajstić information content (AvgIpc) is 2.79. The van der Waals surface area contributed by atoms with Crippen molar-refractivity contribution in [3.05, 3.63) is 23.2 Å². The number of fused-ring (bicyclic) bond motifs is 1. The van der Waals surface area contributed by atoms with Crippen LogP contribution in [0.15, 0.2) is 18.2 Å². The molecule has 0 saturated carbocycles. The van der Waals surface area contributed by atoms with Gasteiger partial charge in [-0.1, -0.05) is 22.9 Å². The average molecular weight is 299 g/mol. The second-order valence-corrected chi connectivity index (χ2v) is 7.26. The third kappa shape index (κ3) is 2.92. The summed E-state index contributed by atoms with van der Waals surface area (Å²) in [5.74, 6) is 3.42. The van der Waals surface area contributed by atoms with E-state index in [0.29, 0.717) is 0 Å². The van der Waals surface area contributed by atoms with Crippen molar-refractivity contribution in [1.29, 1.82) is 0 Å². The predicted octanol–water partition coefficient (Wildman–Crippen LogP) is 4.50. The lowest BCUT2D eigenvalue weighted by molar-refractivity contribution is 0.516. The molecule has 2 aromatic rings. The molecule has 0 amide bonds. The van der Waals surface area contributed by atoms with Crippen molar-refractivity contribution in [3.8, 4) is 0 Å². The van der Waals surface area contributed by atoms with Crippen molar-refractivity contribution < 1.29 is 0 Å². The van der Waals surface area contributed by atoms with E-state index in [1.807, 2.05) is 18.2 Å². The Morgan fingerprint density at radius 1 is 1.33 bits per heavy atom. The van der Waals surface area contributed by atoms with Crippen LogP contribution in [-0.2, 0) is 0 Å². The van der Waals surface area contributed by atoms with Crippen LogP contribution in [0.25, 0.3) is 10.2 Å². The van der Waals surface area contributed by atoms with Crippen molar-refractivity contribution in [3.63, 3.8) is 0 Å². The second-order valence-electron chi connectivity index (χ2n) is 4.57. The number of hydrogen-bond acceptors (Lipinski definition) is 4. The molecule has 0 radical (unpaired) electrons. The summed E-state index contributed by atoms with van der Waals surface area (Å²) in [4.78, 5) is 4.58. The summed E-state index contributed by atoms with van der Waals surface area (Å²) in [5.41, 5.74) is 1.03. The molecule has 1 aromatic carbocycles. The first-order chi connectivity index (χ1) is 8.81. The molecule has 0 unspecified atom stereocenters. The molecule has 5 heteroatoms. The van der Waals surface area contributed by atoms with Gasteiger partial charge in [-0.05, 0) is 48.5 Å². The highest BCUT2D eigenvalue weighted by Crippen LogP contribution is 2.29. The molecule has 2 nitrogen and oxygen atoms in total. The Bertz CT molecular complexity index is 535. The number of thiazole rings is 1. The number of aromatic nitrogens is 1. The fourth-order valence-electron chi connectivity index (χ4n) is 2.16. The summed E-state index contributed by atoms with van der Waals surface area (Å²) in [6, 6.07) is 5.86. The molecule has 1 aliphatic heterocycles. The monoisotopic (exact) mass is 298 g/mol. The summed E-state index contributed by atoms with van der Waals surface area (Å²) in [6.45, 7) is 1.05. The molecule has 18 heavy (non-hydrogen) atoms. The van der Waals surface area contributed by atoms with Crippen LogP contribution in [0.4, 0.5) is 5.13 Å². The van der Waals surface area contributed by atoms with Gasteiger partial charge >= 0.3 is 0 Å². The summed E-state index contributed by atoms with van der Waals surface area (Å²) in [6.07, 6.45) is 2.66. The number of benzene rings is 1. The van der Waals surface area contributed by atoms with Crippen molar-refractivity contribution in [2.24, 2.45) is 5.92 Å². The second kappa shape index (κ2) is 5.68. The van der Waals surface area contributed by atoms with Crippen molar-refractivity contribution in [2.45, 2.75) is 12.8 Å². The van der Waals surface area contributed by atoms with E-state index in [4.69, 9.17) is 11.6 Å². The summed E-state index contributed by atoms with van der Waals surface area (Å²) in [5, 5.41) is 5.28. The maximum absolute atomic E-state index is 5.98. The molecule has 1 aliphatic rings. The van der Waals surface area contributed by atoms with Crippen molar-refractivity contribution in [1.82, 2.24) is 4.98 Å². The fourth-order valence-corrected chi connectivity index (χ4v) is 4.51. The lowest BCUT2D eigenvalue weighted by atomic mass is 10.0. The number of nitrogens with zero attached hydrogens (tertiary/aromatic N) is 1. The minimum absolute atomic E-state index is 0.780. The molecule has 3 rings (SSSR count). The molecule has 0 aliphatic carbocycles. The molecule has 2 heterocycles. The minimum Gasteiger partial charge on any atom is -0.361 e. The minimum atomic E-state index is 0.780. The van der Waals surface area contributed by atoms with Gasteiger partial charge in [0.15, 0.2) is 5.13 Å². The maximum Gasteiger partial charge on any atom is 0.183 e. The third-order valence-corrected chi connectivity index (χ3v) is 5.49. The lowest BCUT2D eigenvalue weighted by Crippen LogP contribution is -2.18. The van der Waals surface area contributed by atoms with Gasteiger partial charge in [0.05, 0.1) is 10.2 Å². The fraction of sp³-hybridized carbons (Fsp3) is 0.462. The Labute approximate surface area is 120 Å². The molecule has 96 valence electrons. The number of nitrogens with one attached hydrogen (secondary N) is 1. The normalized spacial score (nSPS) is 17.2. The largest absolute Gasteiger partial charge is 0.361 e. The zero-order chi connectivity index (χ0) is 12.4. The standard InChI is InChI=1S/C13H15ClN2S2/c14-10-1-2-11-12(7-10)18-13(16-11)15-8-9-3-5-17-6-4-9/h1-2,7,9H,3-6,8H2,(H,15,16). The first-order valence-corrected chi connectivity index (χ1v) is 8.54. The Kier molecular flexibility index (Phi) is 3.97. The van der Waals surface area contributed by atoms with E-state index < -0.39 is 0 Å². The molecule has 0 spiro atoms. The van der Waals surface area contributed by atoms with Crippen LogP contribution in [-0.4, -0.2) is 23.0 Å². The van der Waals surface area contributed by atoms with E-state index in [2.05, 4.69) is 22.1 Å². The van der Waals surface area contributed by atoms with E-state index >= 15 is 0 Å². The van der Waals surface area contributed by atoms with E-state index in [1.54, 1.807) is 11.3 Å². The van der Waals surface area contributed by atoms with Crippen LogP contribution in [0.1, 0.15) is 12.8 Å². The Balaban J connectivity index is 1.67. The van der Waals surface area contributed by atoms with Crippen LogP contribution in [0.2, 0.25) is 5.02 Å². The zero-order valence-corrected chi connectivity index (χ0v) is 12.4. The predicted molar refractivity (Wildman–Crippen MR) is 83.2 cm³/mol. The van der Waals surface area contributed by atoms with Gasteiger partial charge < -0.3 is 5.32 Å². The molecule has 1 fully saturated rings. The van der Waals surface area contributed by atoms with Crippen LogP contribution in [0.5, 0.6) is 0 Å². The van der Waals surface area contributed by atoms with Gasteiger partial charge in [0.2, 0.25) is 0 Å². The van der Waals surface area contributed by atoms with Crippen LogP contribution >= 0.6 is 34.7 Å². The highest BCUT2D eigenvalue weighted by Gasteiger charge is 2.14. The number of anilines is 1. The van der Waals surface area contributed by atoms with Crippen molar-refractivity contribution in [2.75, 3.05) is 23.4 Å². The highest BCUT2D eigenvalue weighted by atomic mass is 35.5. The molecule has 1 N–H and O–H groups in total. The highest BCUT2D eigenvalue weighted by molar-refractivity contribution is 7.99. The number of thioether (sulfide) groups is 1. The summed E-state index contributed by atoms with van der Waals surface area (Å²) < 4.78 is 1.16. The first-order valence-electron chi connectivity index (χ1n) is 6.19. The Hall–Kier alpha value is -0.450. The van der Waals surface area contributed by atoms with Gasteiger partial charge in [-0.2, -0.15) is 11.8 Å². The first kappa shape index (κ1) is 12.6. The van der Waals surface area contributed by atoms with Gasteiger partial charge in [-0.25, -0.2) is 4.98 Å². The Morgan fingerprint density at radius 3 is 3.00 bits per heavy atom. The SMILES string of the molecule is Clc1ccc2nc(NCC3CCSCC3)sc2c1. The number of halogens is 1. The molecule has 0 atom stereocenters. The quantitative estimate of drug-likeness (QED) is 0.903.